The number of carbonyl (C=O) groups is 1. The number of rotatable bonds is 7. The van der Waals surface area contributed by atoms with E-state index in [1.807, 2.05) is 23.6 Å². The van der Waals surface area contributed by atoms with Crippen LogP contribution in [0.2, 0.25) is 0 Å². The Labute approximate surface area is 195 Å². The molecule has 1 amide bonds. The fourth-order valence-corrected chi connectivity index (χ4v) is 5.56. The van der Waals surface area contributed by atoms with Crippen molar-refractivity contribution in [2.45, 2.75) is 16.8 Å². The molecule has 0 radical (unpaired) electrons. The molecule has 1 aliphatic rings. The molecule has 4 aromatic rings. The van der Waals surface area contributed by atoms with Gasteiger partial charge < -0.3 is 9.73 Å². The van der Waals surface area contributed by atoms with Crippen molar-refractivity contribution in [1.82, 2.24) is 15.2 Å². The number of amides is 1. The highest BCUT2D eigenvalue weighted by Gasteiger charge is 2.35. The van der Waals surface area contributed by atoms with Gasteiger partial charge in [-0.15, -0.1) is 21.5 Å². The number of carbonyl (C=O) groups excluding carboxylic acids is 1. The lowest BCUT2D eigenvalue weighted by atomic mass is 10.1. The number of hydrogen-bond acceptors (Lipinski definition) is 9. The number of nitrogens with zero attached hydrogens (tertiary/aromatic N) is 4. The average molecular weight is 486 g/mol. The zero-order valence-corrected chi connectivity index (χ0v) is 18.9. The fourth-order valence-electron chi connectivity index (χ4n) is 3.22. The Balaban J connectivity index is 1.26. The molecule has 0 bridgehead atoms. The van der Waals surface area contributed by atoms with Gasteiger partial charge in [-0.25, -0.2) is 9.40 Å². The minimum Gasteiger partial charge on any atom is -0.467 e. The van der Waals surface area contributed by atoms with Gasteiger partial charge in [0.15, 0.2) is 4.34 Å². The van der Waals surface area contributed by atoms with Crippen molar-refractivity contribution in [1.29, 1.82) is 0 Å². The molecule has 32 heavy (non-hydrogen) atoms. The second kappa shape index (κ2) is 9.23. The second-order valence-corrected chi connectivity index (χ2v) is 9.91. The van der Waals surface area contributed by atoms with Crippen LogP contribution in [0, 0.1) is 5.82 Å². The second-order valence-electron chi connectivity index (χ2n) is 6.76. The Kier molecular flexibility index (Phi) is 6.02. The zero-order chi connectivity index (χ0) is 21.9. The molecule has 11 heteroatoms. The number of furan rings is 1. The molecule has 3 aromatic heterocycles. The average Bonchev–Trinajstić information content (AvgIpc) is 3.60. The third-order valence-corrected chi connectivity index (χ3v) is 7.56. The number of hydrogen-bond donors (Lipinski definition) is 1. The van der Waals surface area contributed by atoms with Crippen LogP contribution in [0.3, 0.4) is 0 Å². The normalized spacial score (nSPS) is 15.7. The summed E-state index contributed by atoms with van der Waals surface area (Å²) < 4.78 is 20.0. The summed E-state index contributed by atoms with van der Waals surface area (Å²) in [6, 6.07) is 13.7. The third kappa shape index (κ3) is 4.45. The van der Waals surface area contributed by atoms with Gasteiger partial charge in [0.25, 0.3) is 5.91 Å². The molecule has 0 saturated heterocycles. The minimum absolute atomic E-state index is 0.146. The Morgan fingerprint density at radius 2 is 2.12 bits per heavy atom. The van der Waals surface area contributed by atoms with E-state index in [1.54, 1.807) is 41.9 Å². The summed E-state index contributed by atoms with van der Waals surface area (Å²) in [6.07, 6.45) is 2.20. The van der Waals surface area contributed by atoms with Gasteiger partial charge in [0.05, 0.1) is 28.3 Å². The molecule has 1 aromatic carbocycles. The zero-order valence-electron chi connectivity index (χ0n) is 16.5. The van der Waals surface area contributed by atoms with Crippen molar-refractivity contribution in [3.63, 3.8) is 0 Å². The maximum atomic E-state index is 13.8. The van der Waals surface area contributed by atoms with Crippen LogP contribution < -0.4 is 5.32 Å². The molecular formula is C21H16FN5O2S3. The van der Waals surface area contributed by atoms with Crippen molar-refractivity contribution < 1.29 is 13.6 Å². The summed E-state index contributed by atoms with van der Waals surface area (Å²) in [4.78, 5) is 14.1. The molecule has 162 valence electrons. The first kappa shape index (κ1) is 20.9. The maximum Gasteiger partial charge on any atom is 0.253 e. The van der Waals surface area contributed by atoms with Crippen LogP contribution in [0.25, 0.3) is 0 Å². The number of nitrogens with one attached hydrogen (secondary N) is 1. The largest absolute Gasteiger partial charge is 0.467 e. The van der Waals surface area contributed by atoms with E-state index in [4.69, 9.17) is 4.42 Å². The summed E-state index contributed by atoms with van der Waals surface area (Å²) in [5.74, 6) is 0.324. The standard InChI is InChI=1S/C21H16FN5O2S3/c22-13-5-1-2-6-14(13)23-20-24-25-21(32-20)31-12-19(28)27-16(17-7-3-9-29-17)11-15(26-27)18-8-4-10-30-18/h1-10,16H,11-12H2,(H,23,24)/t16-/m1/s1. The van der Waals surface area contributed by atoms with Gasteiger partial charge in [0.1, 0.15) is 17.6 Å². The van der Waals surface area contributed by atoms with Crippen molar-refractivity contribution in [2.75, 3.05) is 11.1 Å². The van der Waals surface area contributed by atoms with Gasteiger partial charge in [-0.05, 0) is 35.7 Å². The Bertz CT molecular complexity index is 1240. The SMILES string of the molecule is O=C(CSc1nnc(Nc2ccccc2F)s1)N1N=C(c2cccs2)C[C@@H]1c1ccco1. The van der Waals surface area contributed by atoms with E-state index in [2.05, 4.69) is 20.6 Å². The lowest BCUT2D eigenvalue weighted by Gasteiger charge is -2.19. The van der Waals surface area contributed by atoms with Crippen molar-refractivity contribution in [3.05, 3.63) is 76.6 Å². The molecule has 0 spiro atoms. The van der Waals surface area contributed by atoms with Crippen LogP contribution in [-0.2, 0) is 4.79 Å². The highest BCUT2D eigenvalue weighted by molar-refractivity contribution is 8.01. The Morgan fingerprint density at radius 1 is 1.22 bits per heavy atom. The lowest BCUT2D eigenvalue weighted by molar-refractivity contribution is -0.130. The molecule has 1 atom stereocenters. The number of thiophene rings is 1. The highest BCUT2D eigenvalue weighted by atomic mass is 32.2. The van der Waals surface area contributed by atoms with Gasteiger partial charge in [-0.3, -0.25) is 4.79 Å². The summed E-state index contributed by atoms with van der Waals surface area (Å²) in [5, 5.41) is 19.6. The summed E-state index contributed by atoms with van der Waals surface area (Å²) in [7, 11) is 0. The van der Waals surface area contributed by atoms with E-state index < -0.39 is 0 Å². The molecule has 5 rings (SSSR count). The van der Waals surface area contributed by atoms with Crippen LogP contribution in [0.5, 0.6) is 0 Å². The van der Waals surface area contributed by atoms with E-state index in [0.717, 1.165) is 10.6 Å². The molecule has 4 heterocycles. The minimum atomic E-state index is -0.371. The maximum absolute atomic E-state index is 13.8. The Morgan fingerprint density at radius 3 is 2.91 bits per heavy atom. The number of halogens is 1. The van der Waals surface area contributed by atoms with Crippen LogP contribution in [0.1, 0.15) is 23.1 Å². The van der Waals surface area contributed by atoms with Crippen LogP contribution in [0.4, 0.5) is 15.2 Å². The predicted molar refractivity (Wildman–Crippen MR) is 124 cm³/mol. The van der Waals surface area contributed by atoms with Gasteiger partial charge >= 0.3 is 0 Å². The van der Waals surface area contributed by atoms with E-state index >= 15 is 0 Å². The topological polar surface area (TPSA) is 83.6 Å². The molecule has 0 fully saturated rings. The van der Waals surface area contributed by atoms with E-state index in [0.29, 0.717) is 27.3 Å². The first-order valence-electron chi connectivity index (χ1n) is 9.62. The molecule has 0 saturated carbocycles. The monoisotopic (exact) mass is 485 g/mol. The van der Waals surface area contributed by atoms with Gasteiger partial charge in [0, 0.05) is 6.42 Å². The molecule has 0 aliphatic carbocycles. The number of aromatic nitrogens is 2. The van der Waals surface area contributed by atoms with Gasteiger partial charge in [0.2, 0.25) is 5.13 Å². The number of anilines is 2. The fraction of sp³-hybridized carbons (Fsp3) is 0.143. The van der Waals surface area contributed by atoms with Crippen molar-refractivity contribution in [3.8, 4) is 0 Å². The predicted octanol–water partition coefficient (Wildman–Crippen LogP) is 5.55. The molecule has 1 N–H and O–H groups in total. The van der Waals surface area contributed by atoms with E-state index in [9.17, 15) is 9.18 Å². The quantitative estimate of drug-likeness (QED) is 0.346. The van der Waals surface area contributed by atoms with Gasteiger partial charge in [-0.2, -0.15) is 5.10 Å². The van der Waals surface area contributed by atoms with Crippen molar-refractivity contribution in [2.24, 2.45) is 5.10 Å². The lowest BCUT2D eigenvalue weighted by Crippen LogP contribution is -2.28. The molecule has 7 nitrogen and oxygen atoms in total. The van der Waals surface area contributed by atoms with Crippen LogP contribution >= 0.6 is 34.4 Å². The summed E-state index contributed by atoms with van der Waals surface area (Å²) >= 11 is 4.12. The smallest absolute Gasteiger partial charge is 0.253 e. The van der Waals surface area contributed by atoms with Crippen molar-refractivity contribution >= 4 is 56.9 Å². The summed E-state index contributed by atoms with van der Waals surface area (Å²) in [6.45, 7) is 0. The molecular weight excluding hydrogens is 469 g/mol. The number of para-hydroxylation sites is 1. The first-order chi connectivity index (χ1) is 15.7. The molecule has 0 unspecified atom stereocenters. The first-order valence-corrected chi connectivity index (χ1v) is 12.3. The van der Waals surface area contributed by atoms with Crippen LogP contribution in [-0.4, -0.2) is 32.6 Å². The van der Waals surface area contributed by atoms with E-state index in [1.165, 1.54) is 34.2 Å². The van der Waals surface area contributed by atoms with Crippen LogP contribution in [0.15, 0.2) is 74.0 Å². The number of benzene rings is 1. The summed E-state index contributed by atoms with van der Waals surface area (Å²) in [5.41, 5.74) is 1.19. The molecule has 1 aliphatic heterocycles. The Hall–Kier alpha value is -3.02. The van der Waals surface area contributed by atoms with Gasteiger partial charge in [-0.1, -0.05) is 41.3 Å². The highest BCUT2D eigenvalue weighted by Crippen LogP contribution is 2.35. The number of thioether (sulfide) groups is 1. The van der Waals surface area contributed by atoms with E-state index in [-0.39, 0.29) is 23.5 Å². The third-order valence-electron chi connectivity index (χ3n) is 4.68. The number of hydrazone groups is 1.